The van der Waals surface area contributed by atoms with Crippen LogP contribution in [0.5, 0.6) is 0 Å². The van der Waals surface area contributed by atoms with Gasteiger partial charge in [0, 0.05) is 39.3 Å². The van der Waals surface area contributed by atoms with E-state index in [4.69, 9.17) is 4.42 Å². The third-order valence-corrected chi connectivity index (χ3v) is 4.86. The van der Waals surface area contributed by atoms with Gasteiger partial charge in [0.15, 0.2) is 0 Å². The van der Waals surface area contributed by atoms with Crippen LogP contribution in [0.1, 0.15) is 16.1 Å². The number of hydrogen-bond acceptors (Lipinski definition) is 5. The molecule has 3 rings (SSSR count). The minimum Gasteiger partial charge on any atom is -0.478 e. The summed E-state index contributed by atoms with van der Waals surface area (Å²) < 4.78 is 5.94. The zero-order valence-electron chi connectivity index (χ0n) is 15.9. The molecule has 0 spiro atoms. The molecule has 1 amide bonds. The van der Waals surface area contributed by atoms with Crippen molar-refractivity contribution in [2.24, 2.45) is 0 Å². The van der Waals surface area contributed by atoms with E-state index < -0.39 is 5.97 Å². The van der Waals surface area contributed by atoms with Gasteiger partial charge < -0.3 is 19.3 Å². The number of amides is 1. The molecule has 1 N–H and O–H groups in total. The van der Waals surface area contributed by atoms with Crippen molar-refractivity contribution in [2.45, 2.75) is 12.6 Å². The van der Waals surface area contributed by atoms with Crippen molar-refractivity contribution in [2.75, 3.05) is 40.8 Å². The number of hydrogen-bond donors (Lipinski definition) is 1. The SMILES string of the molecule is CN1CCN(Cc2ccc(-c3ccccc3C(=O)O)o2)C(C(=O)N(C)C)C1. The molecule has 1 saturated heterocycles. The van der Waals surface area contributed by atoms with Crippen LogP contribution < -0.4 is 0 Å². The van der Waals surface area contributed by atoms with Gasteiger partial charge in [-0.15, -0.1) is 0 Å². The Morgan fingerprint density at radius 3 is 2.63 bits per heavy atom. The number of aromatic carboxylic acids is 1. The van der Waals surface area contributed by atoms with E-state index >= 15 is 0 Å². The van der Waals surface area contributed by atoms with E-state index in [0.29, 0.717) is 30.2 Å². The van der Waals surface area contributed by atoms with Gasteiger partial charge >= 0.3 is 5.97 Å². The number of furan rings is 1. The van der Waals surface area contributed by atoms with Crippen LogP contribution in [0.4, 0.5) is 0 Å². The van der Waals surface area contributed by atoms with Gasteiger partial charge in [0.25, 0.3) is 0 Å². The van der Waals surface area contributed by atoms with Crippen LogP contribution in [0.2, 0.25) is 0 Å². The summed E-state index contributed by atoms with van der Waals surface area (Å²) in [6.07, 6.45) is 0. The molecule has 27 heavy (non-hydrogen) atoms. The van der Waals surface area contributed by atoms with Gasteiger partial charge in [-0.2, -0.15) is 0 Å². The summed E-state index contributed by atoms with van der Waals surface area (Å²) in [5.74, 6) is 0.322. The number of carbonyl (C=O) groups is 2. The highest BCUT2D eigenvalue weighted by Gasteiger charge is 2.32. The second-order valence-corrected chi connectivity index (χ2v) is 7.10. The van der Waals surface area contributed by atoms with Crippen LogP contribution in [0.15, 0.2) is 40.8 Å². The Balaban J connectivity index is 1.81. The second kappa shape index (κ2) is 7.94. The largest absolute Gasteiger partial charge is 0.478 e. The van der Waals surface area contributed by atoms with Crippen molar-refractivity contribution in [3.05, 3.63) is 47.7 Å². The Kier molecular flexibility index (Phi) is 5.62. The van der Waals surface area contributed by atoms with Crippen LogP contribution in [0.25, 0.3) is 11.3 Å². The number of rotatable bonds is 5. The molecule has 1 aliphatic heterocycles. The number of benzene rings is 1. The fraction of sp³-hybridized carbons (Fsp3) is 0.400. The van der Waals surface area contributed by atoms with Gasteiger partial charge in [-0.1, -0.05) is 18.2 Å². The molecule has 0 aliphatic carbocycles. The molecule has 0 bridgehead atoms. The topological polar surface area (TPSA) is 77.2 Å². The quantitative estimate of drug-likeness (QED) is 0.864. The Morgan fingerprint density at radius 2 is 1.93 bits per heavy atom. The van der Waals surface area contributed by atoms with E-state index in [1.54, 1.807) is 49.3 Å². The van der Waals surface area contributed by atoms with Gasteiger partial charge in [0.05, 0.1) is 12.1 Å². The minimum atomic E-state index is -0.987. The number of carbonyl (C=O) groups excluding carboxylic acids is 1. The monoisotopic (exact) mass is 371 g/mol. The molecule has 0 saturated carbocycles. The summed E-state index contributed by atoms with van der Waals surface area (Å²) >= 11 is 0. The van der Waals surface area contributed by atoms with E-state index in [9.17, 15) is 14.7 Å². The average molecular weight is 371 g/mol. The number of carboxylic acids is 1. The molecule has 7 nitrogen and oxygen atoms in total. The molecular formula is C20H25N3O4. The van der Waals surface area contributed by atoms with E-state index in [1.807, 2.05) is 13.1 Å². The van der Waals surface area contributed by atoms with Crippen LogP contribution in [-0.4, -0.2) is 78.5 Å². The summed E-state index contributed by atoms with van der Waals surface area (Å²) in [6, 6.07) is 10.2. The van der Waals surface area contributed by atoms with Crippen molar-refractivity contribution < 1.29 is 19.1 Å². The molecule has 1 fully saturated rings. The van der Waals surface area contributed by atoms with E-state index in [-0.39, 0.29) is 17.5 Å². The Labute approximate surface area is 158 Å². The fourth-order valence-corrected chi connectivity index (χ4v) is 3.37. The lowest BCUT2D eigenvalue weighted by molar-refractivity contribution is -0.137. The normalized spacial score (nSPS) is 18.4. The molecule has 1 unspecified atom stereocenters. The minimum absolute atomic E-state index is 0.0737. The molecule has 0 radical (unpaired) electrons. The van der Waals surface area contributed by atoms with E-state index in [2.05, 4.69) is 9.80 Å². The third-order valence-electron chi connectivity index (χ3n) is 4.86. The summed E-state index contributed by atoms with van der Waals surface area (Å²) in [4.78, 5) is 29.9. The summed E-state index contributed by atoms with van der Waals surface area (Å²) in [5, 5.41) is 9.37. The predicted octanol–water partition coefficient (Wildman–Crippen LogP) is 1.85. The van der Waals surface area contributed by atoms with Gasteiger partial charge in [-0.25, -0.2) is 4.79 Å². The average Bonchev–Trinajstić information content (AvgIpc) is 3.11. The van der Waals surface area contributed by atoms with Gasteiger partial charge in [0.1, 0.15) is 17.6 Å². The van der Waals surface area contributed by atoms with Gasteiger partial charge in [-0.3, -0.25) is 9.69 Å². The Morgan fingerprint density at radius 1 is 1.19 bits per heavy atom. The zero-order chi connectivity index (χ0) is 19.6. The molecule has 2 aromatic rings. The van der Waals surface area contributed by atoms with Crippen LogP contribution in [0, 0.1) is 0 Å². The van der Waals surface area contributed by atoms with Crippen molar-refractivity contribution in [3.8, 4) is 11.3 Å². The van der Waals surface area contributed by atoms with Crippen LogP contribution in [-0.2, 0) is 11.3 Å². The lowest BCUT2D eigenvalue weighted by atomic mass is 10.1. The van der Waals surface area contributed by atoms with Crippen molar-refractivity contribution in [3.63, 3.8) is 0 Å². The lowest BCUT2D eigenvalue weighted by Gasteiger charge is -2.39. The first kappa shape index (κ1) is 19.1. The van der Waals surface area contributed by atoms with Crippen LogP contribution in [0.3, 0.4) is 0 Å². The number of piperazine rings is 1. The molecule has 1 atom stereocenters. The highest BCUT2D eigenvalue weighted by molar-refractivity contribution is 5.95. The lowest BCUT2D eigenvalue weighted by Crippen LogP contribution is -2.57. The zero-order valence-corrected chi connectivity index (χ0v) is 15.9. The molecule has 1 aliphatic rings. The molecule has 1 aromatic heterocycles. The van der Waals surface area contributed by atoms with Gasteiger partial charge in [-0.05, 0) is 25.2 Å². The van der Waals surface area contributed by atoms with Crippen molar-refractivity contribution in [1.82, 2.24) is 14.7 Å². The number of carboxylic acid groups (broad SMARTS) is 1. The Bertz CT molecular complexity index is 830. The predicted molar refractivity (Wildman–Crippen MR) is 101 cm³/mol. The smallest absolute Gasteiger partial charge is 0.336 e. The highest BCUT2D eigenvalue weighted by Crippen LogP contribution is 2.27. The molecular weight excluding hydrogens is 346 g/mol. The summed E-state index contributed by atoms with van der Waals surface area (Å²) in [6.45, 7) is 2.83. The maximum absolute atomic E-state index is 12.6. The first-order chi connectivity index (χ1) is 12.9. The molecule has 1 aromatic carbocycles. The van der Waals surface area contributed by atoms with E-state index in [1.165, 1.54) is 0 Å². The molecule has 144 valence electrons. The van der Waals surface area contributed by atoms with E-state index in [0.717, 1.165) is 13.1 Å². The van der Waals surface area contributed by atoms with Crippen molar-refractivity contribution in [1.29, 1.82) is 0 Å². The van der Waals surface area contributed by atoms with Crippen LogP contribution >= 0.6 is 0 Å². The standard InChI is InChI=1S/C20H25N3O4/c1-21(2)19(24)17-13-22(3)10-11-23(17)12-14-8-9-18(27-14)15-6-4-5-7-16(15)20(25)26/h4-9,17H,10-13H2,1-3H3,(H,25,26). The third kappa shape index (κ3) is 4.20. The first-order valence-electron chi connectivity index (χ1n) is 8.92. The van der Waals surface area contributed by atoms with Crippen molar-refractivity contribution >= 4 is 11.9 Å². The van der Waals surface area contributed by atoms with Gasteiger partial charge in [0.2, 0.25) is 5.91 Å². The molecule has 7 heteroatoms. The summed E-state index contributed by atoms with van der Waals surface area (Å²) in [7, 11) is 5.55. The highest BCUT2D eigenvalue weighted by atomic mass is 16.4. The molecule has 2 heterocycles. The summed E-state index contributed by atoms with van der Waals surface area (Å²) in [5.41, 5.74) is 0.759. The first-order valence-corrected chi connectivity index (χ1v) is 8.92. The maximum atomic E-state index is 12.6. The second-order valence-electron chi connectivity index (χ2n) is 7.10. The Hall–Kier alpha value is -2.64. The fourth-order valence-electron chi connectivity index (χ4n) is 3.37. The number of likely N-dealkylation sites (N-methyl/N-ethyl adjacent to an activating group) is 2. The maximum Gasteiger partial charge on any atom is 0.336 e. The number of nitrogens with zero attached hydrogens (tertiary/aromatic N) is 3.